The molecule has 1 unspecified atom stereocenters. The van der Waals surface area contributed by atoms with Crippen LogP contribution in [0.4, 0.5) is 0 Å². The molecule has 62 valence electrons. The summed E-state index contributed by atoms with van der Waals surface area (Å²) in [4.78, 5) is 16.5. The molecule has 0 aromatic heterocycles. The van der Waals surface area contributed by atoms with Crippen molar-refractivity contribution in [2.75, 3.05) is 19.7 Å². The lowest BCUT2D eigenvalue weighted by Crippen LogP contribution is -2.53. The fourth-order valence-electron chi connectivity index (χ4n) is 1.29. The van der Waals surface area contributed by atoms with Crippen LogP contribution in [0.1, 0.15) is 12.8 Å². The lowest BCUT2D eigenvalue weighted by molar-refractivity contribution is -0.172. The molecule has 0 saturated carbocycles. The molecule has 2 aliphatic heterocycles. The van der Waals surface area contributed by atoms with Gasteiger partial charge in [-0.25, -0.2) is 5.06 Å². The van der Waals surface area contributed by atoms with Crippen LogP contribution in [0.15, 0.2) is 0 Å². The van der Waals surface area contributed by atoms with Crippen molar-refractivity contribution in [1.82, 2.24) is 10.4 Å². The molecule has 2 saturated heterocycles. The Morgan fingerprint density at radius 2 is 2.45 bits per heavy atom. The minimum absolute atomic E-state index is 0.0353. The Morgan fingerprint density at radius 3 is 2.91 bits per heavy atom. The maximum atomic E-state index is 11.4. The number of carbonyl (C=O) groups is 1. The summed E-state index contributed by atoms with van der Waals surface area (Å²) < 4.78 is 0. The zero-order valence-electron chi connectivity index (χ0n) is 6.38. The van der Waals surface area contributed by atoms with E-state index in [-0.39, 0.29) is 11.9 Å². The van der Waals surface area contributed by atoms with Crippen LogP contribution in [0.3, 0.4) is 0 Å². The SMILES string of the molecule is O=C(C1CCN1)N1CCCO1. The average Bonchev–Trinajstić information content (AvgIpc) is 2.32. The third kappa shape index (κ3) is 1.23. The quantitative estimate of drug-likeness (QED) is 0.557. The normalized spacial score (nSPS) is 30.2. The van der Waals surface area contributed by atoms with E-state index < -0.39 is 0 Å². The van der Waals surface area contributed by atoms with E-state index in [1.54, 1.807) is 0 Å². The van der Waals surface area contributed by atoms with Crippen LogP contribution in [0.2, 0.25) is 0 Å². The molecule has 11 heavy (non-hydrogen) atoms. The number of nitrogens with zero attached hydrogens (tertiary/aromatic N) is 1. The summed E-state index contributed by atoms with van der Waals surface area (Å²) in [5, 5.41) is 4.53. The second-order valence-electron chi connectivity index (χ2n) is 2.92. The molecule has 2 fully saturated rings. The van der Waals surface area contributed by atoms with E-state index in [0.717, 1.165) is 25.9 Å². The lowest BCUT2D eigenvalue weighted by Gasteiger charge is -2.29. The number of rotatable bonds is 1. The summed E-state index contributed by atoms with van der Waals surface area (Å²) in [6, 6.07) is 0.0353. The van der Waals surface area contributed by atoms with Crippen molar-refractivity contribution < 1.29 is 9.63 Å². The molecular formula is C7H12N2O2. The van der Waals surface area contributed by atoms with Gasteiger partial charge in [0.1, 0.15) is 0 Å². The third-order valence-corrected chi connectivity index (χ3v) is 2.12. The van der Waals surface area contributed by atoms with Crippen molar-refractivity contribution in [3.05, 3.63) is 0 Å². The first-order chi connectivity index (χ1) is 5.38. The predicted octanol–water partition coefficient (Wildman–Crippen LogP) is -0.488. The average molecular weight is 156 g/mol. The first-order valence-electron chi connectivity index (χ1n) is 4.05. The lowest BCUT2D eigenvalue weighted by atomic mass is 10.1. The number of carbonyl (C=O) groups excluding carboxylic acids is 1. The maximum Gasteiger partial charge on any atom is 0.263 e. The highest BCUT2D eigenvalue weighted by Gasteiger charge is 2.31. The van der Waals surface area contributed by atoms with E-state index in [9.17, 15) is 4.79 Å². The van der Waals surface area contributed by atoms with Gasteiger partial charge in [0.25, 0.3) is 5.91 Å². The Kier molecular flexibility index (Phi) is 1.79. The Hall–Kier alpha value is -0.610. The van der Waals surface area contributed by atoms with E-state index in [2.05, 4.69) is 5.32 Å². The summed E-state index contributed by atoms with van der Waals surface area (Å²) in [5.41, 5.74) is 0. The van der Waals surface area contributed by atoms with Crippen LogP contribution in [0.25, 0.3) is 0 Å². The zero-order valence-corrected chi connectivity index (χ0v) is 6.38. The molecule has 2 aliphatic rings. The smallest absolute Gasteiger partial charge is 0.263 e. The number of amides is 1. The Morgan fingerprint density at radius 1 is 1.64 bits per heavy atom. The summed E-state index contributed by atoms with van der Waals surface area (Å²) in [6.07, 6.45) is 1.93. The summed E-state index contributed by atoms with van der Waals surface area (Å²) in [6.45, 7) is 2.42. The molecule has 0 bridgehead atoms. The van der Waals surface area contributed by atoms with Crippen molar-refractivity contribution in [2.24, 2.45) is 0 Å². The molecule has 0 spiro atoms. The largest absolute Gasteiger partial charge is 0.306 e. The molecule has 4 nitrogen and oxygen atoms in total. The first kappa shape index (κ1) is 7.06. The fourth-order valence-corrected chi connectivity index (χ4v) is 1.29. The van der Waals surface area contributed by atoms with Gasteiger partial charge in [-0.1, -0.05) is 0 Å². The van der Waals surface area contributed by atoms with Crippen molar-refractivity contribution in [3.63, 3.8) is 0 Å². The van der Waals surface area contributed by atoms with Gasteiger partial charge in [-0.15, -0.1) is 0 Å². The highest BCUT2D eigenvalue weighted by molar-refractivity contribution is 5.81. The Balaban J connectivity index is 1.87. The fraction of sp³-hybridized carbons (Fsp3) is 0.857. The highest BCUT2D eigenvalue weighted by Crippen LogP contribution is 2.11. The summed E-state index contributed by atoms with van der Waals surface area (Å²) in [7, 11) is 0. The van der Waals surface area contributed by atoms with Crippen LogP contribution in [0, 0.1) is 0 Å². The first-order valence-corrected chi connectivity index (χ1v) is 4.05. The van der Waals surface area contributed by atoms with Gasteiger partial charge >= 0.3 is 0 Å². The van der Waals surface area contributed by atoms with Gasteiger partial charge in [-0.3, -0.25) is 9.63 Å². The van der Waals surface area contributed by atoms with Crippen LogP contribution in [-0.4, -0.2) is 36.7 Å². The van der Waals surface area contributed by atoms with E-state index in [4.69, 9.17) is 4.84 Å². The predicted molar refractivity (Wildman–Crippen MR) is 38.7 cm³/mol. The molecule has 1 amide bonds. The van der Waals surface area contributed by atoms with E-state index >= 15 is 0 Å². The molecule has 0 aromatic rings. The minimum Gasteiger partial charge on any atom is -0.306 e. The minimum atomic E-state index is 0.0353. The molecule has 0 aromatic carbocycles. The van der Waals surface area contributed by atoms with Crippen molar-refractivity contribution in [1.29, 1.82) is 0 Å². The molecule has 2 heterocycles. The van der Waals surface area contributed by atoms with Gasteiger partial charge in [-0.05, 0) is 19.4 Å². The van der Waals surface area contributed by atoms with Gasteiger partial charge in [-0.2, -0.15) is 0 Å². The summed E-state index contributed by atoms with van der Waals surface area (Å²) >= 11 is 0. The monoisotopic (exact) mass is 156 g/mol. The Bertz CT molecular complexity index is 162. The van der Waals surface area contributed by atoms with Gasteiger partial charge in [0.15, 0.2) is 0 Å². The third-order valence-electron chi connectivity index (χ3n) is 2.12. The van der Waals surface area contributed by atoms with Crippen molar-refractivity contribution in [3.8, 4) is 0 Å². The zero-order chi connectivity index (χ0) is 7.68. The van der Waals surface area contributed by atoms with Gasteiger partial charge in [0.2, 0.25) is 0 Å². The highest BCUT2D eigenvalue weighted by atomic mass is 16.7. The topological polar surface area (TPSA) is 41.6 Å². The molecule has 1 N–H and O–H groups in total. The van der Waals surface area contributed by atoms with E-state index in [1.807, 2.05) is 0 Å². The van der Waals surface area contributed by atoms with Crippen LogP contribution < -0.4 is 5.32 Å². The second-order valence-corrected chi connectivity index (χ2v) is 2.92. The van der Waals surface area contributed by atoms with Crippen molar-refractivity contribution in [2.45, 2.75) is 18.9 Å². The summed E-state index contributed by atoms with van der Waals surface area (Å²) in [5.74, 6) is 0.105. The molecular weight excluding hydrogens is 144 g/mol. The maximum absolute atomic E-state index is 11.4. The van der Waals surface area contributed by atoms with Gasteiger partial charge < -0.3 is 5.32 Å². The second kappa shape index (κ2) is 2.79. The molecule has 0 aliphatic carbocycles. The van der Waals surface area contributed by atoms with Gasteiger partial charge in [0, 0.05) is 0 Å². The molecule has 2 rings (SSSR count). The van der Waals surface area contributed by atoms with Crippen LogP contribution >= 0.6 is 0 Å². The van der Waals surface area contributed by atoms with Gasteiger partial charge in [0.05, 0.1) is 19.2 Å². The standard InChI is InChI=1S/C7H12N2O2/c10-7(6-2-3-8-6)9-4-1-5-11-9/h6,8H,1-5H2. The molecule has 4 heteroatoms. The van der Waals surface area contributed by atoms with E-state index in [0.29, 0.717) is 6.61 Å². The van der Waals surface area contributed by atoms with E-state index in [1.165, 1.54) is 5.06 Å². The molecule has 1 atom stereocenters. The molecule has 0 radical (unpaired) electrons. The van der Waals surface area contributed by atoms with Crippen LogP contribution in [0.5, 0.6) is 0 Å². The van der Waals surface area contributed by atoms with Crippen LogP contribution in [-0.2, 0) is 9.63 Å². The number of hydrogen-bond donors (Lipinski definition) is 1. The Labute approximate surface area is 65.5 Å². The number of hydrogen-bond acceptors (Lipinski definition) is 3. The number of nitrogens with one attached hydrogen (secondary N) is 1. The van der Waals surface area contributed by atoms with Crippen molar-refractivity contribution >= 4 is 5.91 Å². The number of hydroxylamine groups is 2.